The largest absolute Gasteiger partial charge is 0.356 e. The van der Waals surface area contributed by atoms with Gasteiger partial charge in [0.1, 0.15) is 0 Å². The summed E-state index contributed by atoms with van der Waals surface area (Å²) in [6, 6.07) is 21.7. The third-order valence-electron chi connectivity index (χ3n) is 4.30. The van der Waals surface area contributed by atoms with Gasteiger partial charge < -0.3 is 5.32 Å². The van der Waals surface area contributed by atoms with E-state index in [1.165, 1.54) is 0 Å². The minimum atomic E-state index is -0.0201. The summed E-state index contributed by atoms with van der Waals surface area (Å²) in [5, 5.41) is 3.70. The second-order valence-corrected chi connectivity index (χ2v) is 6.62. The van der Waals surface area contributed by atoms with E-state index in [0.29, 0.717) is 18.0 Å². The number of carbonyl (C=O) groups excluding carboxylic acids is 1. The number of nitrogens with zero attached hydrogens (tertiary/aromatic N) is 1. The Bertz CT molecular complexity index is 837. The average molecular weight is 365 g/mol. The van der Waals surface area contributed by atoms with Crippen molar-refractivity contribution in [3.05, 3.63) is 101 Å². The molecular formula is C22H21ClN2O. The zero-order valence-corrected chi connectivity index (χ0v) is 15.2. The van der Waals surface area contributed by atoms with Gasteiger partial charge in [-0.15, -0.1) is 0 Å². The number of halogens is 1. The van der Waals surface area contributed by atoms with E-state index in [1.807, 2.05) is 60.8 Å². The standard InChI is InChI=1S/C22H21ClN2O/c23-20-10-4-9-19(14-20)21(18-7-2-1-3-8-18)15-22(26)25-13-11-17-6-5-12-24-16-17/h1-10,12,14,16,21H,11,13,15H2,(H,25,26)/t21-/m1/s1. The van der Waals surface area contributed by atoms with Crippen LogP contribution in [-0.2, 0) is 11.2 Å². The maximum atomic E-state index is 12.5. The second-order valence-electron chi connectivity index (χ2n) is 6.18. The average Bonchev–Trinajstić information content (AvgIpc) is 2.68. The summed E-state index contributed by atoms with van der Waals surface area (Å²) < 4.78 is 0. The number of rotatable bonds is 7. The summed E-state index contributed by atoms with van der Waals surface area (Å²) in [6.07, 6.45) is 4.73. The highest BCUT2D eigenvalue weighted by Crippen LogP contribution is 2.29. The number of benzene rings is 2. The Morgan fingerprint density at radius 1 is 1.00 bits per heavy atom. The SMILES string of the molecule is O=C(C[C@H](c1ccccc1)c1cccc(Cl)c1)NCCc1cccnc1. The number of amides is 1. The van der Waals surface area contributed by atoms with E-state index < -0.39 is 0 Å². The monoisotopic (exact) mass is 364 g/mol. The molecule has 0 saturated heterocycles. The molecule has 0 aliphatic carbocycles. The minimum absolute atomic E-state index is 0.0201. The maximum Gasteiger partial charge on any atom is 0.220 e. The maximum absolute atomic E-state index is 12.5. The predicted octanol–water partition coefficient (Wildman–Crippen LogP) is 4.62. The molecule has 26 heavy (non-hydrogen) atoms. The molecule has 1 atom stereocenters. The fraction of sp³-hybridized carbons (Fsp3) is 0.182. The lowest BCUT2D eigenvalue weighted by Crippen LogP contribution is -2.27. The molecule has 0 saturated carbocycles. The Labute approximate surface area is 159 Å². The van der Waals surface area contributed by atoms with Crippen molar-refractivity contribution in [2.24, 2.45) is 0 Å². The molecule has 4 heteroatoms. The first-order chi connectivity index (χ1) is 12.7. The summed E-state index contributed by atoms with van der Waals surface area (Å²) >= 11 is 6.16. The van der Waals surface area contributed by atoms with Crippen LogP contribution in [0.5, 0.6) is 0 Å². The van der Waals surface area contributed by atoms with Crippen molar-refractivity contribution in [3.63, 3.8) is 0 Å². The zero-order valence-electron chi connectivity index (χ0n) is 14.4. The van der Waals surface area contributed by atoms with Crippen LogP contribution in [0, 0.1) is 0 Å². The Morgan fingerprint density at radius 2 is 1.81 bits per heavy atom. The third kappa shape index (κ3) is 5.17. The molecule has 3 aromatic rings. The number of aromatic nitrogens is 1. The Morgan fingerprint density at radius 3 is 2.54 bits per heavy atom. The van der Waals surface area contributed by atoms with Crippen LogP contribution in [-0.4, -0.2) is 17.4 Å². The minimum Gasteiger partial charge on any atom is -0.356 e. The van der Waals surface area contributed by atoms with Crippen molar-refractivity contribution < 1.29 is 4.79 Å². The van der Waals surface area contributed by atoms with E-state index in [2.05, 4.69) is 22.4 Å². The predicted molar refractivity (Wildman–Crippen MR) is 105 cm³/mol. The van der Waals surface area contributed by atoms with E-state index >= 15 is 0 Å². The first-order valence-electron chi connectivity index (χ1n) is 8.68. The Hall–Kier alpha value is -2.65. The molecule has 0 spiro atoms. The molecule has 132 valence electrons. The molecule has 0 bridgehead atoms. The molecule has 1 heterocycles. The highest BCUT2D eigenvalue weighted by molar-refractivity contribution is 6.30. The molecule has 1 amide bonds. The number of carbonyl (C=O) groups is 1. The summed E-state index contributed by atoms with van der Waals surface area (Å²) in [6.45, 7) is 0.599. The van der Waals surface area contributed by atoms with Crippen molar-refractivity contribution in [1.29, 1.82) is 0 Å². The summed E-state index contributed by atoms with van der Waals surface area (Å²) in [7, 11) is 0. The number of nitrogens with one attached hydrogen (secondary N) is 1. The summed E-state index contributed by atoms with van der Waals surface area (Å²) in [4.78, 5) is 16.6. The van der Waals surface area contributed by atoms with Crippen LogP contribution in [0.25, 0.3) is 0 Å². The van der Waals surface area contributed by atoms with Gasteiger partial charge in [0, 0.05) is 36.3 Å². The van der Waals surface area contributed by atoms with Gasteiger partial charge in [-0.2, -0.15) is 0 Å². The lowest BCUT2D eigenvalue weighted by atomic mass is 9.88. The van der Waals surface area contributed by atoms with Gasteiger partial charge >= 0.3 is 0 Å². The first-order valence-corrected chi connectivity index (χ1v) is 9.06. The van der Waals surface area contributed by atoms with Crippen LogP contribution in [0.4, 0.5) is 0 Å². The molecule has 0 fully saturated rings. The van der Waals surface area contributed by atoms with Gasteiger partial charge in [-0.3, -0.25) is 9.78 Å². The number of pyridine rings is 1. The molecule has 0 aliphatic rings. The number of hydrogen-bond donors (Lipinski definition) is 1. The fourth-order valence-electron chi connectivity index (χ4n) is 2.99. The lowest BCUT2D eigenvalue weighted by molar-refractivity contribution is -0.121. The van der Waals surface area contributed by atoms with Gasteiger partial charge in [-0.1, -0.05) is 60.1 Å². The van der Waals surface area contributed by atoms with E-state index in [-0.39, 0.29) is 11.8 Å². The van der Waals surface area contributed by atoms with Crippen LogP contribution < -0.4 is 5.32 Å². The molecule has 1 N–H and O–H groups in total. The normalized spacial score (nSPS) is 11.7. The summed E-state index contributed by atoms with van der Waals surface area (Å²) in [5.74, 6) is 0.0102. The fourth-order valence-corrected chi connectivity index (χ4v) is 3.19. The van der Waals surface area contributed by atoms with Crippen molar-refractivity contribution >= 4 is 17.5 Å². The molecule has 2 aromatic carbocycles. The van der Waals surface area contributed by atoms with Crippen molar-refractivity contribution in [3.8, 4) is 0 Å². The van der Waals surface area contributed by atoms with Gasteiger partial charge in [-0.25, -0.2) is 0 Å². The molecular weight excluding hydrogens is 344 g/mol. The first kappa shape index (κ1) is 18.2. The van der Waals surface area contributed by atoms with Crippen LogP contribution in [0.1, 0.15) is 29.0 Å². The van der Waals surface area contributed by atoms with E-state index in [0.717, 1.165) is 23.1 Å². The molecule has 3 nitrogen and oxygen atoms in total. The van der Waals surface area contributed by atoms with Gasteiger partial charge in [0.15, 0.2) is 0 Å². The Balaban J connectivity index is 1.66. The van der Waals surface area contributed by atoms with Crippen molar-refractivity contribution in [2.75, 3.05) is 6.54 Å². The third-order valence-corrected chi connectivity index (χ3v) is 4.54. The van der Waals surface area contributed by atoms with Crippen molar-refractivity contribution in [2.45, 2.75) is 18.8 Å². The van der Waals surface area contributed by atoms with Crippen LogP contribution in [0.15, 0.2) is 79.1 Å². The zero-order chi connectivity index (χ0) is 18.2. The van der Waals surface area contributed by atoms with Gasteiger partial charge in [0.25, 0.3) is 0 Å². The lowest BCUT2D eigenvalue weighted by Gasteiger charge is -2.18. The highest BCUT2D eigenvalue weighted by atomic mass is 35.5. The van der Waals surface area contributed by atoms with Gasteiger partial charge in [0.05, 0.1) is 0 Å². The topological polar surface area (TPSA) is 42.0 Å². The molecule has 1 aromatic heterocycles. The van der Waals surface area contributed by atoms with E-state index in [9.17, 15) is 4.79 Å². The highest BCUT2D eigenvalue weighted by Gasteiger charge is 2.18. The van der Waals surface area contributed by atoms with Gasteiger partial charge in [-0.05, 0) is 41.3 Å². The van der Waals surface area contributed by atoms with Crippen LogP contribution >= 0.6 is 11.6 Å². The van der Waals surface area contributed by atoms with E-state index in [4.69, 9.17) is 11.6 Å². The quantitative estimate of drug-likeness (QED) is 0.664. The van der Waals surface area contributed by atoms with Crippen LogP contribution in [0.3, 0.4) is 0 Å². The van der Waals surface area contributed by atoms with Crippen molar-refractivity contribution in [1.82, 2.24) is 10.3 Å². The second kappa shape index (κ2) is 9.16. The molecule has 3 rings (SSSR count). The smallest absolute Gasteiger partial charge is 0.220 e. The molecule has 0 radical (unpaired) electrons. The van der Waals surface area contributed by atoms with Gasteiger partial charge in [0.2, 0.25) is 5.91 Å². The number of hydrogen-bond acceptors (Lipinski definition) is 2. The molecule has 0 aliphatic heterocycles. The van der Waals surface area contributed by atoms with E-state index in [1.54, 1.807) is 6.20 Å². The Kier molecular flexibility index (Phi) is 6.39. The van der Waals surface area contributed by atoms with Crippen LogP contribution in [0.2, 0.25) is 5.02 Å². The summed E-state index contributed by atoms with van der Waals surface area (Å²) in [5.41, 5.74) is 3.27. The molecule has 0 unspecified atom stereocenters.